The third kappa shape index (κ3) is 3.81. The van der Waals surface area contributed by atoms with Crippen molar-refractivity contribution in [3.05, 3.63) is 35.4 Å². The van der Waals surface area contributed by atoms with E-state index in [-0.39, 0.29) is 12.0 Å². The Morgan fingerprint density at radius 2 is 2.25 bits per heavy atom. The van der Waals surface area contributed by atoms with Gasteiger partial charge in [0.25, 0.3) is 5.91 Å². The summed E-state index contributed by atoms with van der Waals surface area (Å²) in [5.41, 5.74) is 1.82. The van der Waals surface area contributed by atoms with Crippen LogP contribution in [0.1, 0.15) is 35.2 Å². The minimum atomic E-state index is -0.144. The Kier molecular flexibility index (Phi) is 5.15. The van der Waals surface area contributed by atoms with Crippen LogP contribution in [0.2, 0.25) is 0 Å². The topological polar surface area (TPSA) is 52.6 Å². The first-order valence-corrected chi connectivity index (χ1v) is 7.27. The summed E-state index contributed by atoms with van der Waals surface area (Å²) in [5.74, 6) is 0.336. The second-order valence-corrected chi connectivity index (χ2v) is 5.73. The van der Waals surface area contributed by atoms with Crippen LogP contribution in [0.25, 0.3) is 0 Å². The molecule has 2 unspecified atom stereocenters. The number of rotatable bonds is 5. The molecule has 0 spiro atoms. The largest absolute Gasteiger partial charge is 0.393 e. The van der Waals surface area contributed by atoms with Gasteiger partial charge in [-0.05, 0) is 43.5 Å². The van der Waals surface area contributed by atoms with E-state index in [4.69, 9.17) is 0 Å². The predicted octanol–water partition coefficient (Wildman–Crippen LogP) is 1.64. The highest BCUT2D eigenvalue weighted by Gasteiger charge is 2.26. The van der Waals surface area contributed by atoms with Gasteiger partial charge in [-0.2, -0.15) is 0 Å². The smallest absolute Gasteiger partial charge is 0.251 e. The fourth-order valence-electron chi connectivity index (χ4n) is 2.96. The molecule has 0 saturated heterocycles. The molecule has 20 heavy (non-hydrogen) atoms. The first-order valence-electron chi connectivity index (χ1n) is 7.27. The Morgan fingerprint density at radius 3 is 2.90 bits per heavy atom. The SMILES string of the molecule is CNC(=O)c1cccc(CN(C)CC2CCCC2O)c1. The summed E-state index contributed by atoms with van der Waals surface area (Å²) in [6, 6.07) is 7.70. The number of hydrogen-bond acceptors (Lipinski definition) is 3. The molecule has 1 aromatic carbocycles. The Balaban J connectivity index is 1.93. The lowest BCUT2D eigenvalue weighted by molar-refractivity contribution is 0.0963. The Hall–Kier alpha value is -1.39. The first kappa shape index (κ1) is 15.0. The van der Waals surface area contributed by atoms with Crippen molar-refractivity contribution in [2.75, 3.05) is 20.6 Å². The van der Waals surface area contributed by atoms with Gasteiger partial charge in [0.2, 0.25) is 0 Å². The lowest BCUT2D eigenvalue weighted by Gasteiger charge is -2.23. The number of amides is 1. The maximum Gasteiger partial charge on any atom is 0.251 e. The standard InChI is InChI=1S/C16H24N2O2/c1-17-16(20)13-6-3-5-12(9-13)10-18(2)11-14-7-4-8-15(14)19/h3,5-6,9,14-15,19H,4,7-8,10-11H2,1-2H3,(H,17,20). The van der Waals surface area contributed by atoms with E-state index < -0.39 is 0 Å². The van der Waals surface area contributed by atoms with Gasteiger partial charge < -0.3 is 15.3 Å². The summed E-state index contributed by atoms with van der Waals surface area (Å²) in [6.45, 7) is 1.71. The van der Waals surface area contributed by atoms with Crippen LogP contribution < -0.4 is 5.32 Å². The molecule has 1 aromatic rings. The summed E-state index contributed by atoms with van der Waals surface area (Å²) in [6.07, 6.45) is 3.04. The predicted molar refractivity (Wildman–Crippen MR) is 79.5 cm³/mol. The van der Waals surface area contributed by atoms with Gasteiger partial charge in [-0.25, -0.2) is 0 Å². The third-order valence-corrected chi connectivity index (χ3v) is 4.03. The molecular weight excluding hydrogens is 252 g/mol. The van der Waals surface area contributed by atoms with Crippen LogP contribution in [0.3, 0.4) is 0 Å². The summed E-state index contributed by atoms with van der Waals surface area (Å²) < 4.78 is 0. The minimum Gasteiger partial charge on any atom is -0.393 e. The molecule has 0 aromatic heterocycles. The van der Waals surface area contributed by atoms with Crippen LogP contribution in [-0.2, 0) is 6.54 Å². The molecular formula is C16H24N2O2. The molecule has 1 amide bonds. The van der Waals surface area contributed by atoms with E-state index in [9.17, 15) is 9.90 Å². The monoisotopic (exact) mass is 276 g/mol. The molecule has 1 saturated carbocycles. The minimum absolute atomic E-state index is 0.0549. The normalized spacial score (nSPS) is 22.2. The van der Waals surface area contributed by atoms with E-state index in [0.717, 1.165) is 37.9 Å². The highest BCUT2D eigenvalue weighted by Crippen LogP contribution is 2.26. The number of carbonyl (C=O) groups excluding carboxylic acids is 1. The van der Waals surface area contributed by atoms with Crippen molar-refractivity contribution in [1.29, 1.82) is 0 Å². The molecule has 1 aliphatic carbocycles. The molecule has 0 heterocycles. The molecule has 1 aliphatic rings. The number of benzene rings is 1. The molecule has 2 rings (SSSR count). The highest BCUT2D eigenvalue weighted by molar-refractivity contribution is 5.94. The van der Waals surface area contributed by atoms with Crippen molar-refractivity contribution in [2.45, 2.75) is 31.9 Å². The molecule has 0 aliphatic heterocycles. The van der Waals surface area contributed by atoms with Crippen LogP contribution >= 0.6 is 0 Å². The lowest BCUT2D eigenvalue weighted by atomic mass is 10.0. The summed E-state index contributed by atoms with van der Waals surface area (Å²) >= 11 is 0. The van der Waals surface area contributed by atoms with Gasteiger partial charge in [0.05, 0.1) is 6.10 Å². The fourth-order valence-corrected chi connectivity index (χ4v) is 2.96. The van der Waals surface area contributed by atoms with Crippen molar-refractivity contribution in [2.24, 2.45) is 5.92 Å². The molecule has 4 heteroatoms. The van der Waals surface area contributed by atoms with Gasteiger partial charge in [0, 0.05) is 25.7 Å². The second-order valence-electron chi connectivity index (χ2n) is 5.73. The van der Waals surface area contributed by atoms with E-state index in [1.807, 2.05) is 24.3 Å². The lowest BCUT2D eigenvalue weighted by Crippen LogP contribution is -2.29. The fraction of sp³-hybridized carbons (Fsp3) is 0.562. The van der Waals surface area contributed by atoms with E-state index >= 15 is 0 Å². The second kappa shape index (κ2) is 6.86. The van der Waals surface area contributed by atoms with Crippen molar-refractivity contribution in [3.63, 3.8) is 0 Å². The zero-order valence-electron chi connectivity index (χ0n) is 12.3. The van der Waals surface area contributed by atoms with Gasteiger partial charge in [-0.1, -0.05) is 18.6 Å². The molecule has 2 N–H and O–H groups in total. The molecule has 2 atom stereocenters. The van der Waals surface area contributed by atoms with Gasteiger partial charge in [0.1, 0.15) is 0 Å². The zero-order chi connectivity index (χ0) is 14.5. The van der Waals surface area contributed by atoms with Gasteiger partial charge >= 0.3 is 0 Å². The average molecular weight is 276 g/mol. The maximum atomic E-state index is 11.6. The number of carbonyl (C=O) groups is 1. The van der Waals surface area contributed by atoms with E-state index in [1.54, 1.807) is 7.05 Å². The number of hydrogen-bond donors (Lipinski definition) is 2. The van der Waals surface area contributed by atoms with Crippen LogP contribution in [0, 0.1) is 5.92 Å². The number of nitrogens with zero attached hydrogens (tertiary/aromatic N) is 1. The van der Waals surface area contributed by atoms with Crippen LogP contribution in [0.4, 0.5) is 0 Å². The molecule has 110 valence electrons. The molecule has 1 fully saturated rings. The Bertz CT molecular complexity index is 462. The van der Waals surface area contributed by atoms with Crippen molar-refractivity contribution in [1.82, 2.24) is 10.2 Å². The van der Waals surface area contributed by atoms with Crippen LogP contribution in [0.15, 0.2) is 24.3 Å². The quantitative estimate of drug-likeness (QED) is 0.859. The van der Waals surface area contributed by atoms with E-state index in [0.29, 0.717) is 11.5 Å². The summed E-state index contributed by atoms with van der Waals surface area (Å²) in [5, 5.41) is 12.5. The maximum absolute atomic E-state index is 11.6. The first-order chi connectivity index (χ1) is 9.60. The summed E-state index contributed by atoms with van der Waals surface area (Å²) in [7, 11) is 3.71. The Morgan fingerprint density at radius 1 is 1.45 bits per heavy atom. The molecule has 4 nitrogen and oxygen atoms in total. The summed E-state index contributed by atoms with van der Waals surface area (Å²) in [4.78, 5) is 13.8. The van der Waals surface area contributed by atoms with E-state index in [1.165, 1.54) is 0 Å². The van der Waals surface area contributed by atoms with Crippen molar-refractivity contribution < 1.29 is 9.90 Å². The van der Waals surface area contributed by atoms with Crippen LogP contribution in [-0.4, -0.2) is 42.7 Å². The highest BCUT2D eigenvalue weighted by atomic mass is 16.3. The van der Waals surface area contributed by atoms with E-state index in [2.05, 4.69) is 17.3 Å². The molecule has 0 bridgehead atoms. The van der Waals surface area contributed by atoms with Crippen molar-refractivity contribution >= 4 is 5.91 Å². The molecule has 0 radical (unpaired) electrons. The Labute approximate surface area is 120 Å². The third-order valence-electron chi connectivity index (χ3n) is 4.03. The zero-order valence-corrected chi connectivity index (χ0v) is 12.3. The van der Waals surface area contributed by atoms with Gasteiger partial charge in [-0.3, -0.25) is 4.79 Å². The number of aliphatic hydroxyl groups is 1. The number of nitrogens with one attached hydrogen (secondary N) is 1. The van der Waals surface area contributed by atoms with Crippen LogP contribution in [0.5, 0.6) is 0 Å². The number of aliphatic hydroxyl groups excluding tert-OH is 1. The van der Waals surface area contributed by atoms with Crippen molar-refractivity contribution in [3.8, 4) is 0 Å². The van der Waals surface area contributed by atoms with Gasteiger partial charge in [-0.15, -0.1) is 0 Å². The van der Waals surface area contributed by atoms with Gasteiger partial charge in [0.15, 0.2) is 0 Å². The average Bonchev–Trinajstić information content (AvgIpc) is 2.83.